The highest BCUT2D eigenvalue weighted by molar-refractivity contribution is 7.07. The average Bonchev–Trinajstić information content (AvgIpc) is 2.92. The molecule has 0 amide bonds. The molecule has 0 bridgehead atoms. The largest absolute Gasteiger partial charge is 0.478 e. The molecule has 5 heteroatoms. The number of carboxylic acid groups (broad SMARTS) is 1. The predicted octanol–water partition coefficient (Wildman–Crippen LogP) is 3.36. The second-order valence-corrected chi connectivity index (χ2v) is 4.92. The summed E-state index contributed by atoms with van der Waals surface area (Å²) in [7, 11) is 0. The van der Waals surface area contributed by atoms with Gasteiger partial charge in [0.05, 0.1) is 28.0 Å². The maximum atomic E-state index is 11.4. The standard InChI is InChI=1S/C14H10N2O2S/c1-8-3-2-4-9-10(14(17)18)5-11(16-13(8)9)12-6-19-7-15-12/h2-7H,1H3,(H,17,18). The zero-order valence-electron chi connectivity index (χ0n) is 10.1. The van der Waals surface area contributed by atoms with Crippen molar-refractivity contribution in [1.82, 2.24) is 9.97 Å². The average molecular weight is 270 g/mol. The normalized spacial score (nSPS) is 10.8. The summed E-state index contributed by atoms with van der Waals surface area (Å²) >= 11 is 1.46. The summed E-state index contributed by atoms with van der Waals surface area (Å²) in [5.41, 5.74) is 4.94. The molecule has 19 heavy (non-hydrogen) atoms. The highest BCUT2D eigenvalue weighted by Crippen LogP contribution is 2.26. The first-order chi connectivity index (χ1) is 9.16. The van der Waals surface area contributed by atoms with Gasteiger partial charge in [0, 0.05) is 10.8 Å². The first-order valence-corrected chi connectivity index (χ1v) is 6.63. The number of para-hydroxylation sites is 1. The number of rotatable bonds is 2. The molecule has 0 atom stereocenters. The summed E-state index contributed by atoms with van der Waals surface area (Å²) in [6.07, 6.45) is 0. The monoisotopic (exact) mass is 270 g/mol. The summed E-state index contributed by atoms with van der Waals surface area (Å²) in [4.78, 5) is 20.1. The van der Waals surface area contributed by atoms with E-state index in [1.165, 1.54) is 11.3 Å². The van der Waals surface area contributed by atoms with Crippen LogP contribution in [0.15, 0.2) is 35.2 Å². The van der Waals surface area contributed by atoms with Gasteiger partial charge in [0.2, 0.25) is 0 Å². The van der Waals surface area contributed by atoms with Gasteiger partial charge in [-0.25, -0.2) is 14.8 Å². The number of benzene rings is 1. The van der Waals surface area contributed by atoms with Crippen LogP contribution in [0.4, 0.5) is 0 Å². The summed E-state index contributed by atoms with van der Waals surface area (Å²) in [6, 6.07) is 7.13. The highest BCUT2D eigenvalue weighted by Gasteiger charge is 2.14. The third-order valence-electron chi connectivity index (χ3n) is 2.97. The van der Waals surface area contributed by atoms with Crippen LogP contribution in [0.1, 0.15) is 15.9 Å². The van der Waals surface area contributed by atoms with Crippen molar-refractivity contribution in [3.05, 3.63) is 46.3 Å². The molecule has 2 heterocycles. The van der Waals surface area contributed by atoms with Gasteiger partial charge in [-0.3, -0.25) is 0 Å². The molecule has 94 valence electrons. The topological polar surface area (TPSA) is 63.1 Å². The van der Waals surface area contributed by atoms with Gasteiger partial charge in [0.15, 0.2) is 0 Å². The number of thiazole rings is 1. The Morgan fingerprint density at radius 2 is 2.16 bits per heavy atom. The molecule has 0 unspecified atom stereocenters. The molecule has 0 spiro atoms. The number of aromatic nitrogens is 2. The van der Waals surface area contributed by atoms with E-state index in [0.717, 1.165) is 5.56 Å². The van der Waals surface area contributed by atoms with Crippen LogP contribution in [-0.2, 0) is 0 Å². The van der Waals surface area contributed by atoms with Crippen molar-refractivity contribution < 1.29 is 9.90 Å². The summed E-state index contributed by atoms with van der Waals surface area (Å²) in [5, 5.41) is 11.9. The summed E-state index contributed by atoms with van der Waals surface area (Å²) in [6.45, 7) is 1.92. The van der Waals surface area contributed by atoms with Crippen LogP contribution >= 0.6 is 11.3 Å². The number of fused-ring (bicyclic) bond motifs is 1. The lowest BCUT2D eigenvalue weighted by atomic mass is 10.0. The Kier molecular flexibility index (Phi) is 2.76. The molecule has 0 fully saturated rings. The fourth-order valence-electron chi connectivity index (χ4n) is 2.04. The van der Waals surface area contributed by atoms with E-state index in [4.69, 9.17) is 0 Å². The Morgan fingerprint density at radius 1 is 1.32 bits per heavy atom. The SMILES string of the molecule is Cc1cccc2c(C(=O)O)cc(-c3cscn3)nc12. The number of carboxylic acids is 1. The van der Waals surface area contributed by atoms with Crippen molar-refractivity contribution in [1.29, 1.82) is 0 Å². The van der Waals surface area contributed by atoms with E-state index in [9.17, 15) is 9.90 Å². The van der Waals surface area contributed by atoms with Crippen LogP contribution in [0, 0.1) is 6.92 Å². The highest BCUT2D eigenvalue weighted by atomic mass is 32.1. The molecule has 3 rings (SSSR count). The minimum atomic E-state index is -0.950. The van der Waals surface area contributed by atoms with Gasteiger partial charge in [-0.05, 0) is 18.6 Å². The first kappa shape index (κ1) is 11.8. The van der Waals surface area contributed by atoms with E-state index in [1.807, 2.05) is 24.4 Å². The van der Waals surface area contributed by atoms with Gasteiger partial charge in [-0.1, -0.05) is 18.2 Å². The van der Waals surface area contributed by atoms with E-state index in [0.29, 0.717) is 22.3 Å². The molecule has 1 aromatic carbocycles. The number of hydrogen-bond donors (Lipinski definition) is 1. The molecule has 2 aromatic heterocycles. The molecule has 0 aliphatic carbocycles. The lowest BCUT2D eigenvalue weighted by Gasteiger charge is -2.07. The van der Waals surface area contributed by atoms with Gasteiger partial charge in [0.1, 0.15) is 0 Å². The van der Waals surface area contributed by atoms with Crippen LogP contribution in [0.5, 0.6) is 0 Å². The maximum absolute atomic E-state index is 11.4. The fraction of sp³-hybridized carbons (Fsp3) is 0.0714. The molecule has 0 radical (unpaired) electrons. The minimum absolute atomic E-state index is 0.261. The Balaban J connectivity index is 2.38. The number of aryl methyl sites for hydroxylation is 1. The molecule has 4 nitrogen and oxygen atoms in total. The van der Waals surface area contributed by atoms with Crippen LogP contribution < -0.4 is 0 Å². The van der Waals surface area contributed by atoms with E-state index in [1.54, 1.807) is 17.6 Å². The molecule has 0 saturated heterocycles. The number of pyridine rings is 1. The molecular weight excluding hydrogens is 260 g/mol. The van der Waals surface area contributed by atoms with E-state index in [-0.39, 0.29) is 5.56 Å². The smallest absolute Gasteiger partial charge is 0.336 e. The van der Waals surface area contributed by atoms with Crippen LogP contribution in [0.25, 0.3) is 22.3 Å². The summed E-state index contributed by atoms with van der Waals surface area (Å²) in [5.74, 6) is -0.950. The van der Waals surface area contributed by atoms with E-state index < -0.39 is 5.97 Å². The predicted molar refractivity (Wildman–Crippen MR) is 74.5 cm³/mol. The van der Waals surface area contributed by atoms with Crippen molar-refractivity contribution >= 4 is 28.2 Å². The molecule has 1 N–H and O–H groups in total. The second kappa shape index (κ2) is 4.44. The van der Waals surface area contributed by atoms with Gasteiger partial charge in [-0.2, -0.15) is 0 Å². The minimum Gasteiger partial charge on any atom is -0.478 e. The number of aromatic carboxylic acids is 1. The van der Waals surface area contributed by atoms with Crippen LogP contribution in [-0.4, -0.2) is 21.0 Å². The lowest BCUT2D eigenvalue weighted by Crippen LogP contribution is -2.01. The quantitative estimate of drug-likeness (QED) is 0.775. The van der Waals surface area contributed by atoms with Crippen molar-refractivity contribution in [2.75, 3.05) is 0 Å². The Labute approximate surface area is 113 Å². The molecule has 0 aliphatic heterocycles. The Morgan fingerprint density at radius 3 is 2.84 bits per heavy atom. The molecule has 0 saturated carbocycles. The molecular formula is C14H10N2O2S. The van der Waals surface area contributed by atoms with Gasteiger partial charge in [0.25, 0.3) is 0 Å². The molecule has 0 aliphatic rings. The van der Waals surface area contributed by atoms with E-state index >= 15 is 0 Å². The first-order valence-electron chi connectivity index (χ1n) is 5.69. The van der Waals surface area contributed by atoms with Gasteiger partial charge < -0.3 is 5.11 Å². The van der Waals surface area contributed by atoms with Crippen LogP contribution in [0.3, 0.4) is 0 Å². The fourth-order valence-corrected chi connectivity index (χ4v) is 2.58. The Bertz CT molecular complexity index is 766. The zero-order valence-corrected chi connectivity index (χ0v) is 10.9. The maximum Gasteiger partial charge on any atom is 0.336 e. The van der Waals surface area contributed by atoms with Crippen molar-refractivity contribution in [3.63, 3.8) is 0 Å². The van der Waals surface area contributed by atoms with Crippen molar-refractivity contribution in [3.8, 4) is 11.4 Å². The molecule has 3 aromatic rings. The Hall–Kier alpha value is -2.27. The van der Waals surface area contributed by atoms with Crippen molar-refractivity contribution in [2.24, 2.45) is 0 Å². The van der Waals surface area contributed by atoms with Gasteiger partial charge in [-0.15, -0.1) is 11.3 Å². The van der Waals surface area contributed by atoms with Crippen LogP contribution in [0.2, 0.25) is 0 Å². The van der Waals surface area contributed by atoms with Crippen molar-refractivity contribution in [2.45, 2.75) is 6.92 Å². The van der Waals surface area contributed by atoms with Gasteiger partial charge >= 0.3 is 5.97 Å². The number of hydrogen-bond acceptors (Lipinski definition) is 4. The zero-order chi connectivity index (χ0) is 13.4. The van der Waals surface area contributed by atoms with E-state index in [2.05, 4.69) is 9.97 Å². The third-order valence-corrected chi connectivity index (χ3v) is 3.55. The number of carbonyl (C=O) groups is 1. The number of nitrogens with zero attached hydrogens (tertiary/aromatic N) is 2. The lowest BCUT2D eigenvalue weighted by molar-refractivity contribution is 0.0699. The summed E-state index contributed by atoms with van der Waals surface area (Å²) < 4.78 is 0. The second-order valence-electron chi connectivity index (χ2n) is 4.20. The third kappa shape index (κ3) is 1.98.